The first-order valence-electron chi connectivity index (χ1n) is 10.4. The van der Waals surface area contributed by atoms with Gasteiger partial charge in [-0.2, -0.15) is 4.31 Å². The third-order valence-corrected chi connectivity index (χ3v) is 6.74. The van der Waals surface area contributed by atoms with Gasteiger partial charge in [0.05, 0.1) is 19.9 Å². The smallest absolute Gasteiger partial charge is 0.242 e. The Morgan fingerprint density at radius 3 is 2.18 bits per heavy atom. The molecule has 2 aromatic carbocycles. The molecule has 0 unspecified atom stereocenters. The maximum absolute atomic E-state index is 13.0. The zero-order valence-corrected chi connectivity index (χ0v) is 20.8. The van der Waals surface area contributed by atoms with Crippen molar-refractivity contribution >= 4 is 33.4 Å². The molecule has 0 bridgehead atoms. The Morgan fingerprint density at radius 2 is 1.64 bits per heavy atom. The Morgan fingerprint density at radius 1 is 1.06 bits per heavy atom. The number of rotatable bonds is 11. The van der Waals surface area contributed by atoms with E-state index in [0.29, 0.717) is 18.0 Å². The number of halogens is 1. The van der Waals surface area contributed by atoms with Crippen molar-refractivity contribution in [3.63, 3.8) is 0 Å². The summed E-state index contributed by atoms with van der Waals surface area (Å²) in [4.78, 5) is 27.2. The zero-order valence-electron chi connectivity index (χ0n) is 19.2. The van der Waals surface area contributed by atoms with Crippen molar-refractivity contribution in [3.05, 3.63) is 64.7 Å². The molecular weight excluding hydrogens is 466 g/mol. The minimum atomic E-state index is -3.55. The van der Waals surface area contributed by atoms with Gasteiger partial charge in [0.1, 0.15) is 11.8 Å². The quantitative estimate of drug-likeness (QED) is 0.516. The van der Waals surface area contributed by atoms with Gasteiger partial charge in [-0.05, 0) is 48.7 Å². The molecule has 0 radical (unpaired) electrons. The second-order valence-electron chi connectivity index (χ2n) is 7.73. The van der Waals surface area contributed by atoms with E-state index in [1.165, 1.54) is 11.9 Å². The highest BCUT2D eigenvalue weighted by Gasteiger charge is 2.28. The molecule has 0 spiro atoms. The van der Waals surface area contributed by atoms with E-state index in [1.54, 1.807) is 38.3 Å². The van der Waals surface area contributed by atoms with Crippen LogP contribution in [-0.2, 0) is 32.6 Å². The van der Waals surface area contributed by atoms with E-state index < -0.39 is 22.0 Å². The first-order chi connectivity index (χ1) is 15.5. The number of hydrogen-bond acceptors (Lipinski definition) is 5. The van der Waals surface area contributed by atoms with Crippen LogP contribution in [0.25, 0.3) is 0 Å². The molecule has 0 aliphatic carbocycles. The van der Waals surface area contributed by atoms with Gasteiger partial charge in [-0.25, -0.2) is 8.42 Å². The summed E-state index contributed by atoms with van der Waals surface area (Å²) in [6.07, 6.45) is 1.64. The lowest BCUT2D eigenvalue weighted by Gasteiger charge is -2.30. The third-order valence-electron chi connectivity index (χ3n) is 5.23. The minimum absolute atomic E-state index is 0.140. The molecular formula is C23H30ClN3O5S. The first kappa shape index (κ1) is 26.6. The fraction of sp³-hybridized carbons (Fsp3) is 0.391. The number of carbonyl (C=O) groups is 2. The molecule has 1 N–H and O–H groups in total. The van der Waals surface area contributed by atoms with E-state index in [2.05, 4.69) is 5.32 Å². The summed E-state index contributed by atoms with van der Waals surface area (Å²) in [6.45, 7) is 1.79. The van der Waals surface area contributed by atoms with Crippen LogP contribution in [0.15, 0.2) is 48.5 Å². The number of amides is 2. The topological polar surface area (TPSA) is 96.0 Å². The van der Waals surface area contributed by atoms with E-state index in [4.69, 9.17) is 16.3 Å². The fourth-order valence-electron chi connectivity index (χ4n) is 3.04. The van der Waals surface area contributed by atoms with Crippen molar-refractivity contribution in [2.45, 2.75) is 25.9 Å². The second kappa shape index (κ2) is 12.0. The van der Waals surface area contributed by atoms with Gasteiger partial charge in [0.25, 0.3) is 0 Å². The number of sulfonamides is 1. The SMILES string of the molecule is COc1ccc(CCNC(=O)[C@H](C)N(Cc2ccc(Cl)cc2)C(=O)CN(C)S(C)(=O)=O)cc1. The van der Waals surface area contributed by atoms with E-state index in [1.807, 2.05) is 24.3 Å². The average Bonchev–Trinajstić information content (AvgIpc) is 2.77. The van der Waals surface area contributed by atoms with Gasteiger partial charge >= 0.3 is 0 Å². The van der Waals surface area contributed by atoms with E-state index in [9.17, 15) is 18.0 Å². The Kier molecular flexibility index (Phi) is 9.70. The van der Waals surface area contributed by atoms with Crippen LogP contribution in [0.1, 0.15) is 18.1 Å². The summed E-state index contributed by atoms with van der Waals surface area (Å²) >= 11 is 5.94. The standard InChI is InChI=1S/C23H30ClN3O5S/c1-17(23(29)25-14-13-18-7-11-21(32-3)12-8-18)27(15-19-5-9-20(24)10-6-19)22(28)16-26(2)33(4,30)31/h5-12,17H,13-16H2,1-4H3,(H,25,29)/t17-/m0/s1. The van der Waals surface area contributed by atoms with Gasteiger partial charge in [-0.15, -0.1) is 0 Å². The summed E-state index contributed by atoms with van der Waals surface area (Å²) in [6, 6.07) is 13.7. The van der Waals surface area contributed by atoms with Crippen LogP contribution in [0.5, 0.6) is 5.75 Å². The maximum atomic E-state index is 13.0. The lowest BCUT2D eigenvalue weighted by Crippen LogP contribution is -2.50. The fourth-order valence-corrected chi connectivity index (χ4v) is 3.51. The van der Waals surface area contributed by atoms with Crippen LogP contribution in [0, 0.1) is 0 Å². The number of ether oxygens (including phenoxy) is 1. The van der Waals surface area contributed by atoms with Crippen molar-refractivity contribution in [1.82, 2.24) is 14.5 Å². The molecule has 8 nitrogen and oxygen atoms in total. The summed E-state index contributed by atoms with van der Waals surface area (Å²) in [5.41, 5.74) is 1.81. The molecule has 0 heterocycles. The number of nitrogens with one attached hydrogen (secondary N) is 1. The molecule has 0 saturated carbocycles. The normalized spacial score (nSPS) is 12.3. The molecule has 180 valence electrons. The molecule has 2 aromatic rings. The van der Waals surface area contributed by atoms with Crippen LogP contribution in [0.3, 0.4) is 0 Å². The summed E-state index contributed by atoms with van der Waals surface area (Å²) < 4.78 is 29.6. The number of nitrogens with zero attached hydrogens (tertiary/aromatic N) is 2. The molecule has 33 heavy (non-hydrogen) atoms. The van der Waals surface area contributed by atoms with Gasteiger partial charge in [0.2, 0.25) is 21.8 Å². The molecule has 0 saturated heterocycles. The predicted octanol–water partition coefficient (Wildman–Crippen LogP) is 2.32. The van der Waals surface area contributed by atoms with Crippen LogP contribution >= 0.6 is 11.6 Å². The van der Waals surface area contributed by atoms with Crippen LogP contribution < -0.4 is 10.1 Å². The summed E-state index contributed by atoms with van der Waals surface area (Å²) in [7, 11) is -0.622. The highest BCUT2D eigenvalue weighted by atomic mass is 35.5. The number of carbonyl (C=O) groups excluding carboxylic acids is 2. The van der Waals surface area contributed by atoms with Gasteiger partial charge in [0.15, 0.2) is 0 Å². The van der Waals surface area contributed by atoms with Crippen LogP contribution in [0.4, 0.5) is 0 Å². The van der Waals surface area contributed by atoms with Crippen LogP contribution in [-0.4, -0.2) is 69.0 Å². The Balaban J connectivity index is 2.07. The van der Waals surface area contributed by atoms with Gasteiger partial charge in [-0.1, -0.05) is 35.9 Å². The monoisotopic (exact) mass is 495 g/mol. The molecule has 0 aromatic heterocycles. The number of likely N-dealkylation sites (N-methyl/N-ethyl adjacent to an activating group) is 1. The highest BCUT2D eigenvalue weighted by Crippen LogP contribution is 2.15. The van der Waals surface area contributed by atoms with Crippen molar-refractivity contribution in [2.24, 2.45) is 0 Å². The van der Waals surface area contributed by atoms with Gasteiger partial charge in [-0.3, -0.25) is 9.59 Å². The Bertz CT molecular complexity index is 1040. The molecule has 1 atom stereocenters. The third kappa shape index (κ3) is 8.34. The van der Waals surface area contributed by atoms with Gasteiger partial charge < -0.3 is 15.0 Å². The largest absolute Gasteiger partial charge is 0.497 e. The average molecular weight is 496 g/mol. The summed E-state index contributed by atoms with van der Waals surface area (Å²) in [5, 5.41) is 3.41. The molecule has 10 heteroatoms. The summed E-state index contributed by atoms with van der Waals surface area (Å²) in [5.74, 6) is -0.0460. The molecule has 2 rings (SSSR count). The lowest BCUT2D eigenvalue weighted by atomic mass is 10.1. The molecule has 0 aliphatic heterocycles. The van der Waals surface area contributed by atoms with Gasteiger partial charge in [0, 0.05) is 25.2 Å². The molecule has 2 amide bonds. The predicted molar refractivity (Wildman–Crippen MR) is 129 cm³/mol. The number of hydrogen-bond donors (Lipinski definition) is 1. The maximum Gasteiger partial charge on any atom is 0.242 e. The lowest BCUT2D eigenvalue weighted by molar-refractivity contribution is -0.140. The zero-order chi connectivity index (χ0) is 24.6. The van der Waals surface area contributed by atoms with Crippen molar-refractivity contribution < 1.29 is 22.7 Å². The second-order valence-corrected chi connectivity index (χ2v) is 10.3. The number of benzene rings is 2. The minimum Gasteiger partial charge on any atom is -0.497 e. The van der Waals surface area contributed by atoms with E-state index in [-0.39, 0.29) is 19.0 Å². The Hall–Kier alpha value is -2.62. The van der Waals surface area contributed by atoms with E-state index >= 15 is 0 Å². The van der Waals surface area contributed by atoms with Crippen LogP contribution in [0.2, 0.25) is 5.02 Å². The van der Waals surface area contributed by atoms with E-state index in [0.717, 1.165) is 27.4 Å². The molecule has 0 aliphatic rings. The van der Waals surface area contributed by atoms with Crippen molar-refractivity contribution in [2.75, 3.05) is 33.5 Å². The first-order valence-corrected chi connectivity index (χ1v) is 12.6. The molecule has 0 fully saturated rings. The number of methoxy groups -OCH3 is 1. The Labute approximate surface area is 200 Å². The van der Waals surface area contributed by atoms with Crippen molar-refractivity contribution in [3.8, 4) is 5.75 Å². The highest BCUT2D eigenvalue weighted by molar-refractivity contribution is 7.88. The van der Waals surface area contributed by atoms with Crippen molar-refractivity contribution in [1.29, 1.82) is 0 Å².